The van der Waals surface area contributed by atoms with Crippen LogP contribution in [-0.4, -0.2) is 25.0 Å². The number of hydrogen-bond acceptors (Lipinski definition) is 1. The second-order valence-corrected chi connectivity index (χ2v) is 3.95. The van der Waals surface area contributed by atoms with E-state index in [0.29, 0.717) is 0 Å². The molecule has 1 rings (SSSR count). The van der Waals surface area contributed by atoms with Crippen LogP contribution in [0.5, 0.6) is 0 Å². The maximum Gasteiger partial charge on any atom is 0.317 e. The zero-order valence-electron chi connectivity index (χ0n) is 10.4. The van der Waals surface area contributed by atoms with Gasteiger partial charge in [-0.15, -0.1) is 0 Å². The van der Waals surface area contributed by atoms with Crippen LogP contribution in [0.15, 0.2) is 24.3 Å². The number of nitrogens with zero attached hydrogens (tertiary/aromatic N) is 1. The van der Waals surface area contributed by atoms with Crippen molar-refractivity contribution >= 4 is 6.03 Å². The number of benzene rings is 1. The summed E-state index contributed by atoms with van der Waals surface area (Å²) < 4.78 is 0. The molecule has 16 heavy (non-hydrogen) atoms. The van der Waals surface area contributed by atoms with Gasteiger partial charge in [0, 0.05) is 14.1 Å². The first-order valence-electron chi connectivity index (χ1n) is 5.61. The van der Waals surface area contributed by atoms with Gasteiger partial charge in [0.05, 0.1) is 6.04 Å². The van der Waals surface area contributed by atoms with Gasteiger partial charge >= 0.3 is 6.03 Å². The van der Waals surface area contributed by atoms with E-state index in [4.69, 9.17) is 0 Å². The van der Waals surface area contributed by atoms with Crippen molar-refractivity contribution in [2.75, 3.05) is 14.1 Å². The van der Waals surface area contributed by atoms with E-state index in [1.54, 1.807) is 11.9 Å². The van der Waals surface area contributed by atoms with Gasteiger partial charge in [0.15, 0.2) is 0 Å². The quantitative estimate of drug-likeness (QED) is 0.834. The Labute approximate surface area is 97.5 Å². The molecule has 0 aromatic heterocycles. The Balaban J connectivity index is 2.99. The molecule has 3 heteroatoms. The summed E-state index contributed by atoms with van der Waals surface area (Å²) in [4.78, 5) is 13.4. The number of nitrogens with one attached hydrogen (secondary N) is 1. The third kappa shape index (κ3) is 2.54. The molecule has 3 nitrogen and oxygen atoms in total. The van der Waals surface area contributed by atoms with Gasteiger partial charge in [-0.2, -0.15) is 0 Å². The first-order valence-corrected chi connectivity index (χ1v) is 5.61. The van der Waals surface area contributed by atoms with E-state index < -0.39 is 0 Å². The van der Waals surface area contributed by atoms with E-state index in [0.717, 1.165) is 6.42 Å². The van der Waals surface area contributed by atoms with Crippen molar-refractivity contribution in [1.82, 2.24) is 10.2 Å². The van der Waals surface area contributed by atoms with E-state index in [1.807, 2.05) is 19.2 Å². The molecule has 0 fully saturated rings. The molecule has 0 radical (unpaired) electrons. The highest BCUT2D eigenvalue weighted by Gasteiger charge is 2.20. The average Bonchev–Trinajstić information content (AvgIpc) is 2.31. The van der Waals surface area contributed by atoms with Crippen LogP contribution in [-0.2, 0) is 0 Å². The lowest BCUT2D eigenvalue weighted by atomic mass is 9.98. The van der Waals surface area contributed by atoms with E-state index in [9.17, 15) is 4.79 Å². The summed E-state index contributed by atoms with van der Waals surface area (Å²) in [5.41, 5.74) is 2.45. The van der Waals surface area contributed by atoms with E-state index in [-0.39, 0.29) is 12.1 Å². The number of rotatable bonds is 3. The summed E-state index contributed by atoms with van der Waals surface area (Å²) >= 11 is 0. The number of carbonyl (C=O) groups excluding carboxylic acids is 1. The van der Waals surface area contributed by atoms with Crippen LogP contribution in [0.3, 0.4) is 0 Å². The van der Waals surface area contributed by atoms with Crippen molar-refractivity contribution in [3.63, 3.8) is 0 Å². The Hall–Kier alpha value is -1.51. The molecule has 0 heterocycles. The van der Waals surface area contributed by atoms with Crippen molar-refractivity contribution in [3.8, 4) is 0 Å². The SMILES string of the molecule is CCC(c1ccccc1C)N(C)C(=O)NC. The second-order valence-electron chi connectivity index (χ2n) is 3.95. The molecule has 88 valence electrons. The number of hydrogen-bond donors (Lipinski definition) is 1. The molecule has 0 aliphatic carbocycles. The maximum atomic E-state index is 11.6. The predicted octanol–water partition coefficient (Wildman–Crippen LogP) is 2.72. The Bertz CT molecular complexity index is 363. The monoisotopic (exact) mass is 220 g/mol. The summed E-state index contributed by atoms with van der Waals surface area (Å²) in [5.74, 6) is 0. The molecule has 0 saturated carbocycles. The minimum Gasteiger partial charge on any atom is -0.341 e. The van der Waals surface area contributed by atoms with Gasteiger partial charge < -0.3 is 10.2 Å². The molecule has 0 bridgehead atoms. The Morgan fingerprint density at radius 3 is 2.56 bits per heavy atom. The first kappa shape index (κ1) is 12.6. The molecule has 0 aliphatic rings. The van der Waals surface area contributed by atoms with Crippen LogP contribution in [0.1, 0.15) is 30.5 Å². The van der Waals surface area contributed by atoms with Gasteiger partial charge in [0.1, 0.15) is 0 Å². The molecule has 0 saturated heterocycles. The molecule has 2 amide bonds. The zero-order valence-corrected chi connectivity index (χ0v) is 10.4. The molecule has 1 unspecified atom stereocenters. The highest BCUT2D eigenvalue weighted by atomic mass is 16.2. The van der Waals surface area contributed by atoms with Gasteiger partial charge in [-0.05, 0) is 24.5 Å². The normalized spacial score (nSPS) is 12.0. The summed E-state index contributed by atoms with van der Waals surface area (Å²) in [7, 11) is 3.49. The van der Waals surface area contributed by atoms with E-state index in [2.05, 4.69) is 31.3 Å². The zero-order chi connectivity index (χ0) is 12.1. The van der Waals surface area contributed by atoms with Crippen LogP contribution in [0.4, 0.5) is 4.79 Å². The number of carbonyl (C=O) groups is 1. The third-order valence-corrected chi connectivity index (χ3v) is 2.94. The average molecular weight is 220 g/mol. The molecule has 1 aromatic rings. The summed E-state index contributed by atoms with van der Waals surface area (Å²) in [5, 5.41) is 2.66. The fraction of sp³-hybridized carbons (Fsp3) is 0.462. The van der Waals surface area contributed by atoms with Gasteiger partial charge in [-0.1, -0.05) is 31.2 Å². The molecular weight excluding hydrogens is 200 g/mol. The Morgan fingerprint density at radius 1 is 1.44 bits per heavy atom. The first-order chi connectivity index (χ1) is 7.61. The van der Waals surface area contributed by atoms with Gasteiger partial charge in [-0.3, -0.25) is 0 Å². The number of amides is 2. The van der Waals surface area contributed by atoms with Crippen molar-refractivity contribution in [1.29, 1.82) is 0 Å². The van der Waals surface area contributed by atoms with E-state index in [1.165, 1.54) is 11.1 Å². The molecule has 0 spiro atoms. The summed E-state index contributed by atoms with van der Waals surface area (Å²) in [6.45, 7) is 4.17. The van der Waals surface area contributed by atoms with Crippen LogP contribution in [0, 0.1) is 6.92 Å². The van der Waals surface area contributed by atoms with Crippen molar-refractivity contribution in [2.24, 2.45) is 0 Å². The second kappa shape index (κ2) is 5.54. The van der Waals surface area contributed by atoms with Crippen LogP contribution < -0.4 is 5.32 Å². The van der Waals surface area contributed by atoms with E-state index >= 15 is 0 Å². The fourth-order valence-corrected chi connectivity index (χ4v) is 1.98. The molecule has 1 N–H and O–H groups in total. The molecule has 1 atom stereocenters. The summed E-state index contributed by atoms with van der Waals surface area (Å²) in [6.07, 6.45) is 0.911. The molecule has 1 aromatic carbocycles. The van der Waals surface area contributed by atoms with Gasteiger partial charge in [0.25, 0.3) is 0 Å². The molecule has 0 aliphatic heterocycles. The third-order valence-electron chi connectivity index (χ3n) is 2.94. The van der Waals surface area contributed by atoms with Crippen LogP contribution in [0.25, 0.3) is 0 Å². The number of aryl methyl sites for hydroxylation is 1. The Kier molecular flexibility index (Phi) is 4.35. The largest absolute Gasteiger partial charge is 0.341 e. The lowest BCUT2D eigenvalue weighted by Crippen LogP contribution is -2.37. The number of urea groups is 1. The van der Waals surface area contributed by atoms with Crippen molar-refractivity contribution < 1.29 is 4.79 Å². The summed E-state index contributed by atoms with van der Waals surface area (Å²) in [6, 6.07) is 8.29. The maximum absolute atomic E-state index is 11.6. The predicted molar refractivity (Wildman–Crippen MR) is 66.4 cm³/mol. The standard InChI is InChI=1S/C13H20N2O/c1-5-12(15(4)13(16)14-3)11-9-7-6-8-10(11)2/h6-9,12H,5H2,1-4H3,(H,14,16). The topological polar surface area (TPSA) is 32.3 Å². The lowest BCUT2D eigenvalue weighted by molar-refractivity contribution is 0.191. The van der Waals surface area contributed by atoms with Crippen LogP contribution >= 0.6 is 0 Å². The van der Waals surface area contributed by atoms with Crippen molar-refractivity contribution in [2.45, 2.75) is 26.3 Å². The smallest absolute Gasteiger partial charge is 0.317 e. The minimum atomic E-state index is -0.0462. The van der Waals surface area contributed by atoms with Crippen LogP contribution in [0.2, 0.25) is 0 Å². The fourth-order valence-electron chi connectivity index (χ4n) is 1.98. The van der Waals surface area contributed by atoms with Crippen molar-refractivity contribution in [3.05, 3.63) is 35.4 Å². The highest BCUT2D eigenvalue weighted by Crippen LogP contribution is 2.25. The van der Waals surface area contributed by atoms with Gasteiger partial charge in [0.2, 0.25) is 0 Å². The van der Waals surface area contributed by atoms with Gasteiger partial charge in [-0.25, -0.2) is 4.79 Å². The minimum absolute atomic E-state index is 0.0462. The molecular formula is C13H20N2O. The Morgan fingerprint density at radius 2 is 2.06 bits per heavy atom. The lowest BCUT2D eigenvalue weighted by Gasteiger charge is -2.28. The highest BCUT2D eigenvalue weighted by molar-refractivity contribution is 5.74.